The van der Waals surface area contributed by atoms with Gasteiger partial charge in [0.25, 0.3) is 11.4 Å². The van der Waals surface area contributed by atoms with Crippen molar-refractivity contribution in [3.63, 3.8) is 0 Å². The molecule has 2 rings (SSSR count). The second kappa shape index (κ2) is 8.22. The van der Waals surface area contributed by atoms with Crippen molar-refractivity contribution in [3.05, 3.63) is 36.9 Å². The van der Waals surface area contributed by atoms with E-state index in [-0.39, 0.29) is 16.4 Å². The average molecular weight is 359 g/mol. The Hall–Kier alpha value is -1.97. The molecule has 1 saturated heterocycles. The largest absolute Gasteiger partial charge is 0.379 e. The molecule has 0 spiro atoms. The Morgan fingerprint density at radius 3 is 2.46 bits per heavy atom. The predicted molar refractivity (Wildman–Crippen MR) is 89.9 cm³/mol. The summed E-state index contributed by atoms with van der Waals surface area (Å²) in [5, 5.41) is 25.1. The van der Waals surface area contributed by atoms with Crippen LogP contribution in [0.3, 0.4) is 0 Å². The van der Waals surface area contributed by atoms with Gasteiger partial charge in [-0.05, 0) is 19.9 Å². The molecule has 9 nitrogen and oxygen atoms in total. The van der Waals surface area contributed by atoms with Crippen LogP contribution in [0.15, 0.2) is 6.07 Å². The van der Waals surface area contributed by atoms with E-state index in [2.05, 4.69) is 10.2 Å². The van der Waals surface area contributed by atoms with Gasteiger partial charge in [-0.25, -0.2) is 0 Å². The molecule has 0 radical (unpaired) electrons. The molecular formula is C14H19ClN4O5. The average Bonchev–Trinajstić information content (AvgIpc) is 2.55. The second-order valence-corrected chi connectivity index (χ2v) is 5.86. The molecule has 0 atom stereocenters. The zero-order valence-electron chi connectivity index (χ0n) is 13.3. The Kier molecular flexibility index (Phi) is 6.29. The SMILES string of the molecule is Cc1c(Cl)c([N+](=O)[O-])cc([N+](=O)[O-])c1NCCCN1CCOCC1. The number of benzene rings is 1. The second-order valence-electron chi connectivity index (χ2n) is 5.48. The van der Waals surface area contributed by atoms with Crippen molar-refractivity contribution in [1.82, 2.24) is 4.90 Å². The summed E-state index contributed by atoms with van der Waals surface area (Å²) in [5.41, 5.74) is -0.253. The van der Waals surface area contributed by atoms with Crippen LogP contribution in [0.25, 0.3) is 0 Å². The van der Waals surface area contributed by atoms with Crippen molar-refractivity contribution in [2.75, 3.05) is 44.7 Å². The zero-order valence-corrected chi connectivity index (χ0v) is 14.0. The molecule has 1 aliphatic rings. The minimum absolute atomic E-state index is 0.0821. The van der Waals surface area contributed by atoms with E-state index in [4.69, 9.17) is 16.3 Å². The fourth-order valence-electron chi connectivity index (χ4n) is 2.60. The maximum absolute atomic E-state index is 11.2. The van der Waals surface area contributed by atoms with Crippen LogP contribution in [0.5, 0.6) is 0 Å². The maximum Gasteiger partial charge on any atom is 0.299 e. The highest BCUT2D eigenvalue weighted by Crippen LogP contribution is 2.39. The minimum Gasteiger partial charge on any atom is -0.379 e. The Balaban J connectivity index is 2.06. The van der Waals surface area contributed by atoms with Crippen molar-refractivity contribution >= 4 is 28.7 Å². The Morgan fingerprint density at radius 2 is 1.88 bits per heavy atom. The quantitative estimate of drug-likeness (QED) is 0.453. The Labute approximate surface area is 143 Å². The van der Waals surface area contributed by atoms with E-state index in [1.807, 2.05) is 0 Å². The highest BCUT2D eigenvalue weighted by atomic mass is 35.5. The molecule has 1 aromatic carbocycles. The standard InChI is InChI=1S/C14H19ClN4O5/c1-10-13(15)11(18(20)21)9-12(19(22)23)14(10)16-3-2-4-17-5-7-24-8-6-17/h9,16H,2-8H2,1H3. The van der Waals surface area contributed by atoms with Crippen LogP contribution in [0.2, 0.25) is 5.02 Å². The van der Waals surface area contributed by atoms with Gasteiger partial charge in [-0.3, -0.25) is 25.1 Å². The maximum atomic E-state index is 11.2. The molecule has 1 N–H and O–H groups in total. The molecule has 10 heteroatoms. The monoisotopic (exact) mass is 358 g/mol. The van der Waals surface area contributed by atoms with Gasteiger partial charge in [-0.2, -0.15) is 0 Å². The van der Waals surface area contributed by atoms with Crippen molar-refractivity contribution in [2.24, 2.45) is 0 Å². The number of halogens is 1. The number of rotatable bonds is 7. The number of nitro groups is 2. The van der Waals surface area contributed by atoms with Gasteiger partial charge < -0.3 is 10.1 Å². The molecule has 1 fully saturated rings. The summed E-state index contributed by atoms with van der Waals surface area (Å²) < 4.78 is 5.27. The highest BCUT2D eigenvalue weighted by Gasteiger charge is 2.27. The number of ether oxygens (including phenoxy) is 1. The van der Waals surface area contributed by atoms with Crippen LogP contribution in [-0.4, -0.2) is 54.1 Å². The smallest absolute Gasteiger partial charge is 0.299 e. The topological polar surface area (TPSA) is 111 Å². The Bertz CT molecular complexity index is 634. The molecular weight excluding hydrogens is 340 g/mol. The van der Waals surface area contributed by atoms with Crippen molar-refractivity contribution in [3.8, 4) is 0 Å². The summed E-state index contributed by atoms with van der Waals surface area (Å²) in [7, 11) is 0. The summed E-state index contributed by atoms with van der Waals surface area (Å²) in [5.74, 6) is 0. The molecule has 24 heavy (non-hydrogen) atoms. The first-order valence-corrected chi connectivity index (χ1v) is 7.95. The normalized spacial score (nSPS) is 15.2. The van der Waals surface area contributed by atoms with Gasteiger partial charge in [0.15, 0.2) is 0 Å². The molecule has 1 heterocycles. The first-order valence-electron chi connectivity index (χ1n) is 7.57. The molecule has 0 unspecified atom stereocenters. The predicted octanol–water partition coefficient (Wildman–Crippen LogP) is 2.60. The van der Waals surface area contributed by atoms with E-state index in [9.17, 15) is 20.2 Å². The summed E-state index contributed by atoms with van der Waals surface area (Å²) in [6, 6.07) is 0.902. The van der Waals surface area contributed by atoms with E-state index in [1.165, 1.54) is 6.92 Å². The summed E-state index contributed by atoms with van der Waals surface area (Å²) in [6.45, 7) is 6.08. The third-order valence-corrected chi connectivity index (χ3v) is 4.39. The van der Waals surface area contributed by atoms with Crippen LogP contribution in [-0.2, 0) is 4.74 Å². The molecule has 1 aromatic rings. The third-order valence-electron chi connectivity index (χ3n) is 3.91. The van der Waals surface area contributed by atoms with E-state index < -0.39 is 15.5 Å². The molecule has 0 saturated carbocycles. The van der Waals surface area contributed by atoms with Crippen LogP contribution in [0.4, 0.5) is 17.1 Å². The molecule has 0 aromatic heterocycles. The van der Waals surface area contributed by atoms with Crippen molar-refractivity contribution in [1.29, 1.82) is 0 Å². The van der Waals surface area contributed by atoms with Gasteiger partial charge in [0.05, 0.1) is 29.1 Å². The first-order chi connectivity index (χ1) is 11.4. The number of nitro benzene ring substituents is 2. The van der Waals surface area contributed by atoms with Crippen molar-refractivity contribution in [2.45, 2.75) is 13.3 Å². The number of hydrogen-bond acceptors (Lipinski definition) is 7. The number of anilines is 1. The number of nitrogens with one attached hydrogen (secondary N) is 1. The lowest BCUT2D eigenvalue weighted by Crippen LogP contribution is -2.37. The first kappa shape index (κ1) is 18.4. The zero-order chi connectivity index (χ0) is 17.7. The summed E-state index contributed by atoms with van der Waals surface area (Å²) >= 11 is 5.98. The van der Waals surface area contributed by atoms with Gasteiger partial charge in [0.1, 0.15) is 10.7 Å². The molecule has 1 aliphatic heterocycles. The number of nitrogens with zero attached hydrogens (tertiary/aromatic N) is 3. The fourth-order valence-corrected chi connectivity index (χ4v) is 2.82. The van der Waals surface area contributed by atoms with Crippen LogP contribution in [0.1, 0.15) is 12.0 Å². The summed E-state index contributed by atoms with van der Waals surface area (Å²) in [6.07, 6.45) is 0.783. The van der Waals surface area contributed by atoms with Gasteiger partial charge >= 0.3 is 0 Å². The van der Waals surface area contributed by atoms with Gasteiger partial charge in [0.2, 0.25) is 0 Å². The van der Waals surface area contributed by atoms with Gasteiger partial charge in [-0.1, -0.05) is 11.6 Å². The number of hydrogen-bond donors (Lipinski definition) is 1. The third kappa shape index (κ3) is 4.31. The molecule has 0 amide bonds. The van der Waals surface area contributed by atoms with E-state index in [1.54, 1.807) is 0 Å². The molecule has 132 valence electrons. The van der Waals surface area contributed by atoms with Crippen LogP contribution < -0.4 is 5.32 Å². The van der Waals surface area contributed by atoms with Crippen LogP contribution in [0, 0.1) is 27.2 Å². The van der Waals surface area contributed by atoms with Gasteiger partial charge in [0, 0.05) is 25.2 Å². The molecule has 0 bridgehead atoms. The highest BCUT2D eigenvalue weighted by molar-refractivity contribution is 6.34. The van der Waals surface area contributed by atoms with Gasteiger partial charge in [-0.15, -0.1) is 0 Å². The molecule has 0 aliphatic carbocycles. The van der Waals surface area contributed by atoms with Crippen LogP contribution >= 0.6 is 11.6 Å². The lowest BCUT2D eigenvalue weighted by Gasteiger charge is -2.26. The number of morpholine rings is 1. The van der Waals surface area contributed by atoms with E-state index >= 15 is 0 Å². The lowest BCUT2D eigenvalue weighted by molar-refractivity contribution is -0.393. The Morgan fingerprint density at radius 1 is 1.25 bits per heavy atom. The van der Waals surface area contributed by atoms with E-state index in [0.717, 1.165) is 45.3 Å². The summed E-state index contributed by atoms with van der Waals surface area (Å²) in [4.78, 5) is 23.1. The van der Waals surface area contributed by atoms with E-state index in [0.29, 0.717) is 12.1 Å². The lowest BCUT2D eigenvalue weighted by atomic mass is 10.1. The van der Waals surface area contributed by atoms with Crippen molar-refractivity contribution < 1.29 is 14.6 Å². The fraction of sp³-hybridized carbons (Fsp3) is 0.571. The minimum atomic E-state index is -0.718.